The second-order valence-electron chi connectivity index (χ2n) is 2.23. The molecule has 1 fully saturated rings. The van der Waals surface area contributed by atoms with Gasteiger partial charge in [-0.25, -0.2) is 5.01 Å². The molecule has 0 aromatic rings. The van der Waals surface area contributed by atoms with Gasteiger partial charge in [-0.15, -0.1) is 0 Å². The van der Waals surface area contributed by atoms with Crippen LogP contribution in [0.25, 0.3) is 0 Å². The van der Waals surface area contributed by atoms with Gasteiger partial charge in [-0.05, 0) is 0 Å². The molecule has 1 saturated heterocycles. The zero-order chi connectivity index (χ0) is 7.40. The van der Waals surface area contributed by atoms with Gasteiger partial charge in [0.2, 0.25) is 5.91 Å². The van der Waals surface area contributed by atoms with Crippen molar-refractivity contribution >= 4 is 12.2 Å². The fourth-order valence-electron chi connectivity index (χ4n) is 0.901. The van der Waals surface area contributed by atoms with E-state index in [1.54, 1.807) is 5.01 Å². The van der Waals surface area contributed by atoms with Gasteiger partial charge in [0.1, 0.15) is 6.29 Å². The van der Waals surface area contributed by atoms with E-state index in [-0.39, 0.29) is 5.91 Å². The highest BCUT2D eigenvalue weighted by Gasteiger charge is 2.16. The van der Waals surface area contributed by atoms with E-state index in [1.165, 1.54) is 0 Å². The lowest BCUT2D eigenvalue weighted by Gasteiger charge is -2.11. The standard InChI is InChI=1S/C6H10N2O2/c9-5-1-3-8-4-2-6(10)7-8/h5H,1-4H2,(H,7,10). The van der Waals surface area contributed by atoms with Crippen molar-refractivity contribution in [3.05, 3.63) is 0 Å². The van der Waals surface area contributed by atoms with E-state index in [0.29, 0.717) is 19.4 Å². The summed E-state index contributed by atoms with van der Waals surface area (Å²) in [6, 6.07) is 0. The van der Waals surface area contributed by atoms with E-state index in [4.69, 9.17) is 0 Å². The predicted octanol–water partition coefficient (Wildman–Crippen LogP) is -0.688. The number of aldehydes is 1. The summed E-state index contributed by atoms with van der Waals surface area (Å²) >= 11 is 0. The van der Waals surface area contributed by atoms with Crippen molar-refractivity contribution in [3.63, 3.8) is 0 Å². The van der Waals surface area contributed by atoms with Gasteiger partial charge in [-0.1, -0.05) is 0 Å². The van der Waals surface area contributed by atoms with Crippen molar-refractivity contribution in [3.8, 4) is 0 Å². The Bertz CT molecular complexity index is 147. The molecule has 0 aromatic heterocycles. The van der Waals surface area contributed by atoms with Crippen molar-refractivity contribution < 1.29 is 9.59 Å². The van der Waals surface area contributed by atoms with Crippen LogP contribution in [-0.4, -0.2) is 30.3 Å². The molecule has 1 aliphatic heterocycles. The molecular weight excluding hydrogens is 132 g/mol. The van der Waals surface area contributed by atoms with Gasteiger partial charge >= 0.3 is 0 Å². The third-order valence-corrected chi connectivity index (χ3v) is 1.41. The molecule has 1 N–H and O–H groups in total. The first-order valence-corrected chi connectivity index (χ1v) is 3.31. The molecule has 0 bridgehead atoms. The lowest BCUT2D eigenvalue weighted by Crippen LogP contribution is -2.33. The van der Waals surface area contributed by atoms with Gasteiger partial charge in [-0.3, -0.25) is 10.2 Å². The van der Waals surface area contributed by atoms with Crippen LogP contribution in [0.1, 0.15) is 12.8 Å². The average molecular weight is 142 g/mol. The molecule has 0 radical (unpaired) electrons. The van der Waals surface area contributed by atoms with Crippen molar-refractivity contribution in [1.29, 1.82) is 0 Å². The molecule has 0 aromatic carbocycles. The zero-order valence-corrected chi connectivity index (χ0v) is 5.67. The van der Waals surface area contributed by atoms with E-state index in [0.717, 1.165) is 12.8 Å². The summed E-state index contributed by atoms with van der Waals surface area (Å²) in [5.41, 5.74) is 2.62. The first-order valence-electron chi connectivity index (χ1n) is 3.31. The summed E-state index contributed by atoms with van der Waals surface area (Å²) in [4.78, 5) is 20.5. The number of hydrogen-bond acceptors (Lipinski definition) is 3. The first-order chi connectivity index (χ1) is 4.83. The van der Waals surface area contributed by atoms with Crippen LogP contribution >= 0.6 is 0 Å². The number of nitrogens with one attached hydrogen (secondary N) is 1. The average Bonchev–Trinajstić information content (AvgIpc) is 2.31. The summed E-state index contributed by atoms with van der Waals surface area (Å²) in [6.45, 7) is 1.36. The van der Waals surface area contributed by atoms with E-state index < -0.39 is 0 Å². The molecule has 1 rings (SSSR count). The fraction of sp³-hybridized carbons (Fsp3) is 0.667. The Balaban J connectivity index is 2.18. The van der Waals surface area contributed by atoms with Crippen LogP contribution in [0.15, 0.2) is 0 Å². The molecule has 0 atom stereocenters. The van der Waals surface area contributed by atoms with Gasteiger partial charge in [-0.2, -0.15) is 0 Å². The molecule has 1 amide bonds. The highest BCUT2D eigenvalue weighted by atomic mass is 16.2. The van der Waals surface area contributed by atoms with Gasteiger partial charge in [0.25, 0.3) is 0 Å². The Kier molecular flexibility index (Phi) is 2.39. The molecule has 0 aliphatic carbocycles. The Morgan fingerprint density at radius 1 is 1.70 bits per heavy atom. The van der Waals surface area contributed by atoms with E-state index in [1.807, 2.05) is 0 Å². The monoisotopic (exact) mass is 142 g/mol. The van der Waals surface area contributed by atoms with Crippen LogP contribution in [-0.2, 0) is 9.59 Å². The third kappa shape index (κ3) is 1.80. The quantitative estimate of drug-likeness (QED) is 0.531. The lowest BCUT2D eigenvalue weighted by atomic mass is 10.4. The predicted molar refractivity (Wildman–Crippen MR) is 35.0 cm³/mol. The van der Waals surface area contributed by atoms with Crippen molar-refractivity contribution in [2.75, 3.05) is 13.1 Å². The van der Waals surface area contributed by atoms with Crippen molar-refractivity contribution in [1.82, 2.24) is 10.4 Å². The van der Waals surface area contributed by atoms with Gasteiger partial charge in [0.05, 0.1) is 0 Å². The molecule has 0 spiro atoms. The minimum atomic E-state index is 0.0471. The number of carbonyl (C=O) groups excluding carboxylic acids is 2. The van der Waals surface area contributed by atoms with Gasteiger partial charge in [0, 0.05) is 25.9 Å². The van der Waals surface area contributed by atoms with Gasteiger partial charge in [0.15, 0.2) is 0 Å². The minimum absolute atomic E-state index is 0.0471. The van der Waals surface area contributed by atoms with Crippen LogP contribution < -0.4 is 5.43 Å². The highest BCUT2D eigenvalue weighted by molar-refractivity contribution is 5.77. The number of hydrazine groups is 1. The lowest BCUT2D eigenvalue weighted by molar-refractivity contribution is -0.121. The number of rotatable bonds is 3. The van der Waals surface area contributed by atoms with Crippen LogP contribution in [0, 0.1) is 0 Å². The summed E-state index contributed by atoms with van der Waals surface area (Å²) in [6.07, 6.45) is 1.89. The maximum absolute atomic E-state index is 10.6. The number of nitrogens with zero attached hydrogens (tertiary/aromatic N) is 1. The number of carbonyl (C=O) groups is 2. The zero-order valence-electron chi connectivity index (χ0n) is 5.67. The van der Waals surface area contributed by atoms with Crippen LogP contribution in [0.4, 0.5) is 0 Å². The van der Waals surface area contributed by atoms with Crippen LogP contribution in [0.3, 0.4) is 0 Å². The molecule has 0 saturated carbocycles. The smallest absolute Gasteiger partial charge is 0.235 e. The molecule has 1 heterocycles. The largest absolute Gasteiger partial charge is 0.303 e. The molecule has 1 aliphatic rings. The number of hydrogen-bond donors (Lipinski definition) is 1. The first kappa shape index (κ1) is 7.21. The second kappa shape index (κ2) is 3.31. The Morgan fingerprint density at radius 3 is 3.00 bits per heavy atom. The maximum atomic E-state index is 10.6. The second-order valence-corrected chi connectivity index (χ2v) is 2.23. The summed E-state index contributed by atoms with van der Waals surface area (Å²) in [5.74, 6) is 0.0471. The summed E-state index contributed by atoms with van der Waals surface area (Å²) in [5, 5.41) is 1.76. The van der Waals surface area contributed by atoms with E-state index >= 15 is 0 Å². The maximum Gasteiger partial charge on any atom is 0.235 e. The Morgan fingerprint density at radius 2 is 2.50 bits per heavy atom. The summed E-state index contributed by atoms with van der Waals surface area (Å²) in [7, 11) is 0. The molecule has 0 unspecified atom stereocenters. The topological polar surface area (TPSA) is 49.4 Å². The Hall–Kier alpha value is -0.900. The summed E-state index contributed by atoms with van der Waals surface area (Å²) < 4.78 is 0. The molecule has 4 nitrogen and oxygen atoms in total. The van der Waals surface area contributed by atoms with Gasteiger partial charge < -0.3 is 4.79 Å². The molecular formula is C6H10N2O2. The minimum Gasteiger partial charge on any atom is -0.303 e. The molecule has 56 valence electrons. The fourth-order valence-corrected chi connectivity index (χ4v) is 0.901. The number of amides is 1. The van der Waals surface area contributed by atoms with Crippen molar-refractivity contribution in [2.24, 2.45) is 0 Å². The SMILES string of the molecule is O=CCCN1CCC(=O)N1. The van der Waals surface area contributed by atoms with E-state index in [9.17, 15) is 9.59 Å². The third-order valence-electron chi connectivity index (χ3n) is 1.41. The molecule has 4 heteroatoms. The Labute approximate surface area is 59.2 Å². The van der Waals surface area contributed by atoms with E-state index in [2.05, 4.69) is 5.43 Å². The molecule has 10 heavy (non-hydrogen) atoms. The van der Waals surface area contributed by atoms with Crippen LogP contribution in [0.5, 0.6) is 0 Å². The highest BCUT2D eigenvalue weighted by Crippen LogP contribution is 1.97. The normalized spacial score (nSPS) is 19.0. The van der Waals surface area contributed by atoms with Crippen molar-refractivity contribution in [2.45, 2.75) is 12.8 Å². The van der Waals surface area contributed by atoms with Crippen LogP contribution in [0.2, 0.25) is 0 Å².